The van der Waals surface area contributed by atoms with E-state index in [9.17, 15) is 9.90 Å². The first-order valence-electron chi connectivity index (χ1n) is 6.42. The zero-order chi connectivity index (χ0) is 14.7. The van der Waals surface area contributed by atoms with Gasteiger partial charge >= 0.3 is 5.97 Å². The van der Waals surface area contributed by atoms with Gasteiger partial charge in [-0.2, -0.15) is 5.10 Å². The van der Waals surface area contributed by atoms with Gasteiger partial charge in [-0.05, 0) is 37.1 Å². The van der Waals surface area contributed by atoms with Crippen molar-refractivity contribution in [3.05, 3.63) is 52.3 Å². The molecular weight excluding hydrogens is 276 g/mol. The number of aromatic nitrogens is 2. The van der Waals surface area contributed by atoms with E-state index in [1.807, 2.05) is 38.2 Å². The highest BCUT2D eigenvalue weighted by Gasteiger charge is 2.20. The van der Waals surface area contributed by atoms with Crippen molar-refractivity contribution in [2.24, 2.45) is 13.0 Å². The number of carbonyl (C=O) groups is 1. The lowest BCUT2D eigenvalue weighted by molar-refractivity contribution is -0.141. The van der Waals surface area contributed by atoms with Crippen LogP contribution in [-0.4, -0.2) is 20.9 Å². The molecule has 0 saturated carbocycles. The lowest BCUT2D eigenvalue weighted by atomic mass is 9.95. The predicted octanol–water partition coefficient (Wildman–Crippen LogP) is 2.87. The maximum Gasteiger partial charge on any atom is 0.307 e. The summed E-state index contributed by atoms with van der Waals surface area (Å²) in [6.07, 6.45) is 0.916. The molecule has 0 bridgehead atoms. The number of halogens is 1. The Morgan fingerprint density at radius 1 is 1.40 bits per heavy atom. The molecule has 0 aliphatic rings. The summed E-state index contributed by atoms with van der Waals surface area (Å²) in [6.45, 7) is 1.90. The molecule has 2 rings (SSSR count). The highest BCUT2D eigenvalue weighted by molar-refractivity contribution is 6.30. The van der Waals surface area contributed by atoms with E-state index in [0.29, 0.717) is 17.9 Å². The molecular formula is C15H17ClN2O2. The summed E-state index contributed by atoms with van der Waals surface area (Å²) < 4.78 is 1.74. The second-order valence-corrected chi connectivity index (χ2v) is 5.41. The van der Waals surface area contributed by atoms with Gasteiger partial charge in [-0.1, -0.05) is 23.7 Å². The minimum Gasteiger partial charge on any atom is -0.481 e. The molecule has 1 heterocycles. The van der Waals surface area contributed by atoms with Gasteiger partial charge in [0, 0.05) is 24.2 Å². The van der Waals surface area contributed by atoms with E-state index in [1.54, 1.807) is 10.7 Å². The molecule has 1 N–H and O–H groups in total. The predicted molar refractivity (Wildman–Crippen MR) is 77.9 cm³/mol. The van der Waals surface area contributed by atoms with E-state index in [1.165, 1.54) is 0 Å². The molecule has 0 spiro atoms. The van der Waals surface area contributed by atoms with E-state index in [0.717, 1.165) is 17.0 Å². The smallest absolute Gasteiger partial charge is 0.307 e. The van der Waals surface area contributed by atoms with Gasteiger partial charge in [0.1, 0.15) is 0 Å². The van der Waals surface area contributed by atoms with Gasteiger partial charge < -0.3 is 5.11 Å². The molecule has 1 atom stereocenters. The Bertz CT molecular complexity index is 622. The lowest BCUT2D eigenvalue weighted by Gasteiger charge is -2.12. The van der Waals surface area contributed by atoms with Gasteiger partial charge in [-0.25, -0.2) is 0 Å². The molecule has 20 heavy (non-hydrogen) atoms. The molecule has 0 saturated heterocycles. The second kappa shape index (κ2) is 6.09. The molecule has 1 aromatic carbocycles. The van der Waals surface area contributed by atoms with Crippen LogP contribution in [0.1, 0.15) is 17.0 Å². The third-order valence-corrected chi connectivity index (χ3v) is 3.51. The van der Waals surface area contributed by atoms with Crippen LogP contribution in [0.15, 0.2) is 30.3 Å². The van der Waals surface area contributed by atoms with Crippen molar-refractivity contribution in [1.82, 2.24) is 9.78 Å². The minimum absolute atomic E-state index is 0.458. The first kappa shape index (κ1) is 14.6. The number of hydrogen-bond acceptors (Lipinski definition) is 2. The van der Waals surface area contributed by atoms with Crippen LogP contribution in [0.25, 0.3) is 0 Å². The van der Waals surface area contributed by atoms with Crippen LogP contribution in [0.2, 0.25) is 5.02 Å². The zero-order valence-corrected chi connectivity index (χ0v) is 12.3. The van der Waals surface area contributed by atoms with Crippen molar-refractivity contribution in [2.45, 2.75) is 19.8 Å². The second-order valence-electron chi connectivity index (χ2n) is 4.97. The van der Waals surface area contributed by atoms with Crippen LogP contribution in [0.5, 0.6) is 0 Å². The Kier molecular flexibility index (Phi) is 4.45. The van der Waals surface area contributed by atoms with Crippen molar-refractivity contribution in [2.75, 3.05) is 0 Å². The topological polar surface area (TPSA) is 55.1 Å². The van der Waals surface area contributed by atoms with Gasteiger partial charge in [0.15, 0.2) is 0 Å². The van der Waals surface area contributed by atoms with E-state index in [4.69, 9.17) is 11.6 Å². The fraction of sp³-hybridized carbons (Fsp3) is 0.333. The van der Waals surface area contributed by atoms with Crippen molar-refractivity contribution >= 4 is 17.6 Å². The fourth-order valence-corrected chi connectivity index (χ4v) is 2.52. The maximum atomic E-state index is 11.4. The first-order chi connectivity index (χ1) is 9.45. The third kappa shape index (κ3) is 3.61. The Morgan fingerprint density at radius 2 is 2.15 bits per heavy atom. The summed E-state index contributed by atoms with van der Waals surface area (Å²) in [7, 11) is 1.83. The molecule has 0 radical (unpaired) electrons. The summed E-state index contributed by atoms with van der Waals surface area (Å²) in [5, 5.41) is 14.3. The van der Waals surface area contributed by atoms with Crippen LogP contribution in [0.4, 0.5) is 0 Å². The van der Waals surface area contributed by atoms with Crippen molar-refractivity contribution in [3.63, 3.8) is 0 Å². The molecule has 0 amide bonds. The number of nitrogens with zero attached hydrogens (tertiary/aromatic N) is 2. The van der Waals surface area contributed by atoms with Gasteiger partial charge in [-0.15, -0.1) is 0 Å². The maximum absolute atomic E-state index is 11.4. The van der Waals surface area contributed by atoms with Gasteiger partial charge in [0.05, 0.1) is 11.6 Å². The molecule has 1 aromatic heterocycles. The van der Waals surface area contributed by atoms with E-state index in [-0.39, 0.29) is 0 Å². The highest BCUT2D eigenvalue weighted by atomic mass is 35.5. The van der Waals surface area contributed by atoms with Gasteiger partial charge in [0.2, 0.25) is 0 Å². The molecule has 1 unspecified atom stereocenters. The molecule has 4 nitrogen and oxygen atoms in total. The Labute approximate surface area is 123 Å². The number of carboxylic acid groups (broad SMARTS) is 1. The number of aliphatic carboxylic acids is 1. The third-order valence-electron chi connectivity index (χ3n) is 3.27. The average Bonchev–Trinajstić information content (AvgIpc) is 2.67. The monoisotopic (exact) mass is 292 g/mol. The van der Waals surface area contributed by atoms with Crippen molar-refractivity contribution in [3.8, 4) is 0 Å². The van der Waals surface area contributed by atoms with Crippen molar-refractivity contribution < 1.29 is 9.90 Å². The average molecular weight is 293 g/mol. The quantitative estimate of drug-likeness (QED) is 0.922. The van der Waals surface area contributed by atoms with E-state index < -0.39 is 11.9 Å². The van der Waals surface area contributed by atoms with E-state index in [2.05, 4.69) is 5.10 Å². The molecule has 0 fully saturated rings. The van der Waals surface area contributed by atoms with Gasteiger partial charge in [-0.3, -0.25) is 9.48 Å². The normalized spacial score (nSPS) is 12.3. The molecule has 2 aromatic rings. The number of aryl methyl sites for hydroxylation is 2. The summed E-state index contributed by atoms with van der Waals surface area (Å²) >= 11 is 5.94. The largest absolute Gasteiger partial charge is 0.481 e. The summed E-state index contributed by atoms with van der Waals surface area (Å²) in [6, 6.07) is 9.26. The Hall–Kier alpha value is -1.81. The first-order valence-corrected chi connectivity index (χ1v) is 6.80. The number of benzene rings is 1. The zero-order valence-electron chi connectivity index (χ0n) is 11.5. The van der Waals surface area contributed by atoms with E-state index >= 15 is 0 Å². The lowest BCUT2D eigenvalue weighted by Crippen LogP contribution is -2.20. The van der Waals surface area contributed by atoms with Crippen LogP contribution < -0.4 is 0 Å². The Balaban J connectivity index is 2.15. The van der Waals surface area contributed by atoms with Crippen LogP contribution in [0.3, 0.4) is 0 Å². The molecule has 0 aliphatic heterocycles. The summed E-state index contributed by atoms with van der Waals surface area (Å²) in [4.78, 5) is 11.4. The molecule has 106 valence electrons. The number of carboxylic acids is 1. The minimum atomic E-state index is -0.802. The summed E-state index contributed by atoms with van der Waals surface area (Å²) in [5.41, 5.74) is 2.76. The number of hydrogen-bond donors (Lipinski definition) is 1. The summed E-state index contributed by atoms with van der Waals surface area (Å²) in [5.74, 6) is -1.29. The Morgan fingerprint density at radius 3 is 2.70 bits per heavy atom. The SMILES string of the molecule is Cc1cc(CC(Cc2cccc(Cl)c2)C(=O)O)n(C)n1. The molecule has 5 heteroatoms. The standard InChI is InChI=1S/C15H17ClN2O2/c1-10-6-14(18(2)17-10)9-12(15(19)20)7-11-4-3-5-13(16)8-11/h3-6,8,12H,7,9H2,1-2H3,(H,19,20). The fourth-order valence-electron chi connectivity index (χ4n) is 2.30. The molecule has 0 aliphatic carbocycles. The van der Waals surface area contributed by atoms with Crippen molar-refractivity contribution in [1.29, 1.82) is 0 Å². The highest BCUT2D eigenvalue weighted by Crippen LogP contribution is 2.18. The van der Waals surface area contributed by atoms with Crippen LogP contribution in [0, 0.1) is 12.8 Å². The van der Waals surface area contributed by atoms with Crippen LogP contribution in [-0.2, 0) is 24.7 Å². The number of rotatable bonds is 5. The van der Waals surface area contributed by atoms with Gasteiger partial charge in [0.25, 0.3) is 0 Å². The van der Waals surface area contributed by atoms with Crippen LogP contribution >= 0.6 is 11.6 Å².